The van der Waals surface area contributed by atoms with E-state index in [0.717, 1.165) is 29.5 Å². The Morgan fingerprint density at radius 1 is 1.25 bits per heavy atom. The molecule has 3 aromatic heterocycles. The Kier molecular flexibility index (Phi) is 5.59. The van der Waals surface area contributed by atoms with Crippen molar-refractivity contribution in [3.63, 3.8) is 0 Å². The van der Waals surface area contributed by atoms with Gasteiger partial charge in [-0.2, -0.15) is 4.98 Å². The van der Waals surface area contributed by atoms with Crippen molar-refractivity contribution in [2.24, 2.45) is 0 Å². The lowest BCUT2D eigenvalue weighted by Crippen LogP contribution is -2.22. The summed E-state index contributed by atoms with van der Waals surface area (Å²) in [5, 5.41) is 6.69. The third-order valence-corrected chi connectivity index (χ3v) is 6.19. The molecule has 1 aromatic carbocycles. The van der Waals surface area contributed by atoms with Crippen LogP contribution in [0.25, 0.3) is 21.6 Å². The van der Waals surface area contributed by atoms with Gasteiger partial charge in [0, 0.05) is 12.1 Å². The molecule has 4 aromatic rings. The number of rotatable bonds is 7. The molecule has 0 atom stereocenters. The van der Waals surface area contributed by atoms with E-state index >= 15 is 0 Å². The normalized spacial score (nSPS) is 11.4. The third kappa shape index (κ3) is 3.88. The monoisotopic (exact) mass is 412 g/mol. The van der Waals surface area contributed by atoms with Crippen molar-refractivity contribution in [1.82, 2.24) is 19.7 Å². The minimum absolute atomic E-state index is 0.0296. The zero-order valence-electron chi connectivity index (χ0n) is 15.7. The van der Waals surface area contributed by atoms with Gasteiger partial charge >= 0.3 is 0 Å². The molecule has 144 valence electrons. The van der Waals surface area contributed by atoms with Gasteiger partial charge in [-0.05, 0) is 30.9 Å². The summed E-state index contributed by atoms with van der Waals surface area (Å²) < 4.78 is 7.89. The van der Waals surface area contributed by atoms with E-state index in [1.54, 1.807) is 4.57 Å². The summed E-state index contributed by atoms with van der Waals surface area (Å²) in [7, 11) is 0. The number of thiophene rings is 1. The quantitative estimate of drug-likeness (QED) is 0.317. The van der Waals surface area contributed by atoms with Crippen molar-refractivity contribution in [1.29, 1.82) is 0 Å². The summed E-state index contributed by atoms with van der Waals surface area (Å²) in [6.45, 7) is 4.80. The average molecular weight is 413 g/mol. The molecule has 0 radical (unpaired) electrons. The van der Waals surface area contributed by atoms with Crippen LogP contribution in [0.1, 0.15) is 31.2 Å². The number of hydrogen-bond donors (Lipinski definition) is 0. The van der Waals surface area contributed by atoms with Gasteiger partial charge in [-0.25, -0.2) is 4.98 Å². The lowest BCUT2D eigenvalue weighted by molar-refractivity contribution is 0.391. The second-order valence-electron chi connectivity index (χ2n) is 6.51. The molecular weight excluding hydrogens is 392 g/mol. The molecule has 0 aliphatic rings. The van der Waals surface area contributed by atoms with E-state index in [0.29, 0.717) is 33.9 Å². The van der Waals surface area contributed by atoms with Crippen molar-refractivity contribution in [2.45, 2.75) is 44.1 Å². The van der Waals surface area contributed by atoms with E-state index in [1.165, 1.54) is 23.1 Å². The molecule has 8 heteroatoms. The van der Waals surface area contributed by atoms with Gasteiger partial charge in [-0.15, -0.1) is 11.3 Å². The number of fused-ring (bicyclic) bond motifs is 1. The van der Waals surface area contributed by atoms with Crippen LogP contribution >= 0.6 is 23.1 Å². The molecule has 6 nitrogen and oxygen atoms in total. The Morgan fingerprint density at radius 3 is 2.96 bits per heavy atom. The standard InChI is InChI=1S/C20H20N4O2S2/c1-3-4-9-24-19(25)17-15(8-10-27-17)21-20(24)28-12-16-22-18(23-26-16)14-7-5-6-13(2)11-14/h5-8,10-11H,3-4,9,12H2,1-2H3. The Hall–Kier alpha value is -2.45. The van der Waals surface area contributed by atoms with Crippen LogP contribution in [0.2, 0.25) is 0 Å². The maximum atomic E-state index is 12.8. The van der Waals surface area contributed by atoms with Crippen LogP contribution in [0, 0.1) is 6.92 Å². The highest BCUT2D eigenvalue weighted by atomic mass is 32.2. The highest BCUT2D eigenvalue weighted by Gasteiger charge is 2.15. The van der Waals surface area contributed by atoms with Gasteiger partial charge < -0.3 is 4.52 Å². The first kappa shape index (κ1) is 18.9. The van der Waals surface area contributed by atoms with E-state index in [1.807, 2.05) is 42.6 Å². The molecule has 0 aliphatic carbocycles. The predicted octanol–water partition coefficient (Wildman–Crippen LogP) is 4.91. The molecule has 0 unspecified atom stereocenters. The summed E-state index contributed by atoms with van der Waals surface area (Å²) in [5.41, 5.74) is 2.85. The number of aryl methyl sites for hydroxylation is 1. The molecule has 0 N–H and O–H groups in total. The smallest absolute Gasteiger partial charge is 0.272 e. The maximum Gasteiger partial charge on any atom is 0.272 e. The van der Waals surface area contributed by atoms with Gasteiger partial charge in [0.15, 0.2) is 5.16 Å². The molecule has 0 fully saturated rings. The van der Waals surface area contributed by atoms with Crippen LogP contribution in [0.3, 0.4) is 0 Å². The number of aromatic nitrogens is 4. The first-order chi connectivity index (χ1) is 13.7. The van der Waals surface area contributed by atoms with E-state index in [2.05, 4.69) is 22.0 Å². The summed E-state index contributed by atoms with van der Waals surface area (Å²) in [5.74, 6) is 1.56. The van der Waals surface area contributed by atoms with Crippen LogP contribution in [0.15, 0.2) is 50.2 Å². The van der Waals surface area contributed by atoms with Gasteiger partial charge in [-0.3, -0.25) is 9.36 Å². The van der Waals surface area contributed by atoms with E-state index in [-0.39, 0.29) is 5.56 Å². The third-order valence-electron chi connectivity index (χ3n) is 4.34. The summed E-state index contributed by atoms with van der Waals surface area (Å²) >= 11 is 2.90. The van der Waals surface area contributed by atoms with E-state index in [9.17, 15) is 4.79 Å². The molecule has 0 spiro atoms. The largest absolute Gasteiger partial charge is 0.338 e. The molecule has 0 saturated heterocycles. The van der Waals surface area contributed by atoms with Crippen molar-refractivity contribution in [3.05, 3.63) is 57.5 Å². The maximum absolute atomic E-state index is 12.8. The van der Waals surface area contributed by atoms with Crippen LogP contribution in [0.5, 0.6) is 0 Å². The van der Waals surface area contributed by atoms with E-state index in [4.69, 9.17) is 4.52 Å². The fourth-order valence-electron chi connectivity index (χ4n) is 2.89. The highest BCUT2D eigenvalue weighted by molar-refractivity contribution is 7.98. The topological polar surface area (TPSA) is 73.8 Å². The lowest BCUT2D eigenvalue weighted by Gasteiger charge is -2.10. The average Bonchev–Trinajstić information content (AvgIpc) is 3.35. The van der Waals surface area contributed by atoms with Crippen LogP contribution < -0.4 is 5.56 Å². The molecular formula is C20H20N4O2S2. The number of unbranched alkanes of at least 4 members (excludes halogenated alkanes) is 1. The minimum Gasteiger partial charge on any atom is -0.338 e. The zero-order valence-corrected chi connectivity index (χ0v) is 17.3. The van der Waals surface area contributed by atoms with Gasteiger partial charge in [0.25, 0.3) is 5.56 Å². The predicted molar refractivity (Wildman–Crippen MR) is 113 cm³/mol. The van der Waals surface area contributed by atoms with Gasteiger partial charge in [0.1, 0.15) is 4.70 Å². The Labute approximate surface area is 170 Å². The van der Waals surface area contributed by atoms with Gasteiger partial charge in [-0.1, -0.05) is 54.0 Å². The number of nitrogens with zero attached hydrogens (tertiary/aromatic N) is 4. The van der Waals surface area contributed by atoms with E-state index < -0.39 is 0 Å². The Balaban J connectivity index is 1.58. The second kappa shape index (κ2) is 8.28. The summed E-state index contributed by atoms with van der Waals surface area (Å²) in [6, 6.07) is 9.88. The molecule has 28 heavy (non-hydrogen) atoms. The van der Waals surface area contributed by atoms with Crippen LogP contribution in [-0.4, -0.2) is 19.7 Å². The van der Waals surface area contributed by atoms with Gasteiger partial charge in [0.05, 0.1) is 11.3 Å². The molecule has 0 amide bonds. The summed E-state index contributed by atoms with van der Waals surface area (Å²) in [4.78, 5) is 22.0. The molecule has 0 bridgehead atoms. The van der Waals surface area contributed by atoms with Gasteiger partial charge in [0.2, 0.25) is 11.7 Å². The fourth-order valence-corrected chi connectivity index (χ4v) is 4.53. The Bertz CT molecular complexity index is 1160. The number of benzene rings is 1. The van der Waals surface area contributed by atoms with Crippen molar-refractivity contribution >= 4 is 33.3 Å². The SMILES string of the molecule is CCCCn1c(SCc2nc(-c3cccc(C)c3)no2)nc2ccsc2c1=O. The lowest BCUT2D eigenvalue weighted by atomic mass is 10.1. The zero-order chi connectivity index (χ0) is 19.5. The molecule has 0 saturated carbocycles. The Morgan fingerprint density at radius 2 is 2.14 bits per heavy atom. The van der Waals surface area contributed by atoms with Crippen molar-refractivity contribution in [2.75, 3.05) is 0 Å². The number of thioether (sulfide) groups is 1. The molecule has 4 rings (SSSR count). The summed E-state index contributed by atoms with van der Waals surface area (Å²) in [6.07, 6.45) is 1.95. The van der Waals surface area contributed by atoms with Crippen LogP contribution in [0.4, 0.5) is 0 Å². The first-order valence-corrected chi connectivity index (χ1v) is 11.0. The second-order valence-corrected chi connectivity index (χ2v) is 8.37. The number of hydrogen-bond acceptors (Lipinski definition) is 7. The highest BCUT2D eigenvalue weighted by Crippen LogP contribution is 2.25. The molecule has 3 heterocycles. The first-order valence-electron chi connectivity index (χ1n) is 9.16. The van der Waals surface area contributed by atoms with Crippen LogP contribution in [-0.2, 0) is 12.3 Å². The molecule has 0 aliphatic heterocycles. The van der Waals surface area contributed by atoms with Crippen molar-refractivity contribution in [3.8, 4) is 11.4 Å². The fraction of sp³-hybridized carbons (Fsp3) is 0.300. The van der Waals surface area contributed by atoms with Crippen molar-refractivity contribution < 1.29 is 4.52 Å². The minimum atomic E-state index is 0.0296.